The molecule has 2 saturated heterocycles. The molecule has 2 aromatic rings. The van der Waals surface area contributed by atoms with Crippen LogP contribution in [0.2, 0.25) is 0 Å². The number of hydrogen-bond donors (Lipinski definition) is 1. The monoisotopic (exact) mass is 410 g/mol. The van der Waals surface area contributed by atoms with E-state index in [-0.39, 0.29) is 17.9 Å². The number of ether oxygens (including phenoxy) is 2. The predicted octanol–water partition coefficient (Wildman–Crippen LogP) is 2.36. The highest BCUT2D eigenvalue weighted by molar-refractivity contribution is 7.09. The third-order valence-corrected chi connectivity index (χ3v) is 6.90. The Balaban J connectivity index is 1.29. The fourth-order valence-electron chi connectivity index (χ4n) is 4.65. The first-order valence-corrected chi connectivity index (χ1v) is 10.6. The number of amides is 2. The molecule has 0 aliphatic carbocycles. The van der Waals surface area contributed by atoms with Crippen LogP contribution >= 0.6 is 11.3 Å². The zero-order valence-electron chi connectivity index (χ0n) is 16.0. The van der Waals surface area contributed by atoms with Gasteiger partial charge in [0.05, 0.1) is 38.1 Å². The molecule has 6 nitrogen and oxygen atoms in total. The maximum absolute atomic E-state index is 13.2. The van der Waals surface area contributed by atoms with Crippen LogP contribution in [-0.4, -0.2) is 42.1 Å². The Labute approximate surface area is 173 Å². The summed E-state index contributed by atoms with van der Waals surface area (Å²) in [6.07, 6.45) is 3.60. The topological polar surface area (TPSA) is 67.9 Å². The molecule has 1 aromatic heterocycles. The molecular weight excluding hydrogens is 388 g/mol. The van der Waals surface area contributed by atoms with Crippen LogP contribution < -0.4 is 10.1 Å². The zero-order valence-corrected chi connectivity index (χ0v) is 16.9. The van der Waals surface area contributed by atoms with Gasteiger partial charge in [-0.25, -0.2) is 0 Å². The third-order valence-electron chi connectivity index (χ3n) is 6.03. The molecule has 7 heteroatoms. The number of rotatable bonds is 6. The van der Waals surface area contributed by atoms with Crippen molar-refractivity contribution < 1.29 is 19.1 Å². The van der Waals surface area contributed by atoms with Crippen molar-refractivity contribution in [2.75, 3.05) is 13.7 Å². The summed E-state index contributed by atoms with van der Waals surface area (Å²) in [5.74, 6) is -0.285. The standard InChI is InChI=1S/C22H22N2O4S/c1-27-15-6-4-14(5-7-15)11-23-20(25)18-17-8-9-22(28-17)13-24(21(26)19(18)22)12-16-3-2-10-29-16/h2-10,17-19H,11-13H2,1H3,(H,23,25)/t17-,18?,19-,22?/m0/s1. The van der Waals surface area contributed by atoms with E-state index in [1.165, 1.54) is 0 Å². The van der Waals surface area contributed by atoms with E-state index in [4.69, 9.17) is 9.47 Å². The number of hydrogen-bond acceptors (Lipinski definition) is 5. The van der Waals surface area contributed by atoms with Crippen LogP contribution in [0.4, 0.5) is 0 Å². The Morgan fingerprint density at radius 3 is 2.90 bits per heavy atom. The van der Waals surface area contributed by atoms with E-state index >= 15 is 0 Å². The smallest absolute Gasteiger partial charge is 0.230 e. The number of carbonyl (C=O) groups excluding carboxylic acids is 2. The lowest BCUT2D eigenvalue weighted by atomic mass is 9.77. The minimum absolute atomic E-state index is 0.00912. The maximum atomic E-state index is 13.2. The summed E-state index contributed by atoms with van der Waals surface area (Å²) in [5.41, 5.74) is 0.312. The highest BCUT2D eigenvalue weighted by Gasteiger charge is 2.66. The molecular formula is C22H22N2O4S. The molecule has 2 amide bonds. The molecule has 2 fully saturated rings. The van der Waals surface area contributed by atoms with Gasteiger partial charge in [-0.15, -0.1) is 11.3 Å². The summed E-state index contributed by atoms with van der Waals surface area (Å²) in [6, 6.07) is 11.6. The first kappa shape index (κ1) is 18.4. The summed E-state index contributed by atoms with van der Waals surface area (Å²) in [5, 5.41) is 5.00. The van der Waals surface area contributed by atoms with Gasteiger partial charge in [-0.3, -0.25) is 9.59 Å². The number of nitrogens with one attached hydrogen (secondary N) is 1. The maximum Gasteiger partial charge on any atom is 0.230 e. The molecule has 0 saturated carbocycles. The van der Waals surface area contributed by atoms with Crippen molar-refractivity contribution in [2.24, 2.45) is 11.8 Å². The van der Waals surface area contributed by atoms with Crippen LogP contribution in [-0.2, 0) is 27.4 Å². The lowest BCUT2D eigenvalue weighted by Gasteiger charge is -2.23. The van der Waals surface area contributed by atoms with Crippen molar-refractivity contribution >= 4 is 23.2 Å². The van der Waals surface area contributed by atoms with Crippen LogP contribution in [0, 0.1) is 11.8 Å². The van der Waals surface area contributed by atoms with E-state index in [9.17, 15) is 9.59 Å². The number of methoxy groups -OCH3 is 1. The second-order valence-corrected chi connectivity index (χ2v) is 8.77. The fourth-order valence-corrected chi connectivity index (χ4v) is 5.37. The third kappa shape index (κ3) is 3.05. The Hall–Kier alpha value is -2.64. The van der Waals surface area contributed by atoms with Gasteiger partial charge in [0.1, 0.15) is 11.4 Å². The Bertz CT molecular complexity index is 956. The molecule has 3 aliphatic heterocycles. The number of fused-ring (bicyclic) bond motifs is 1. The van der Waals surface area contributed by atoms with Crippen LogP contribution in [0.5, 0.6) is 5.75 Å². The van der Waals surface area contributed by atoms with Gasteiger partial charge < -0.3 is 19.7 Å². The molecule has 3 aliphatic rings. The van der Waals surface area contributed by atoms with Gasteiger partial charge in [-0.05, 0) is 29.1 Å². The highest BCUT2D eigenvalue weighted by atomic mass is 32.1. The molecule has 2 unspecified atom stereocenters. The number of carbonyl (C=O) groups is 2. The summed E-state index contributed by atoms with van der Waals surface area (Å²) in [4.78, 5) is 29.2. The fraction of sp³-hybridized carbons (Fsp3) is 0.364. The van der Waals surface area contributed by atoms with E-state index < -0.39 is 17.4 Å². The number of likely N-dealkylation sites (tertiary alicyclic amines) is 1. The molecule has 1 N–H and O–H groups in total. The summed E-state index contributed by atoms with van der Waals surface area (Å²) in [7, 11) is 1.62. The first-order valence-electron chi connectivity index (χ1n) is 9.69. The van der Waals surface area contributed by atoms with Crippen molar-refractivity contribution in [2.45, 2.75) is 24.8 Å². The second kappa shape index (κ2) is 7.00. The number of thiophene rings is 1. The number of benzene rings is 1. The normalized spacial score (nSPS) is 29.3. The van der Waals surface area contributed by atoms with Gasteiger partial charge in [0.2, 0.25) is 11.8 Å². The van der Waals surface area contributed by atoms with E-state index in [2.05, 4.69) is 5.32 Å². The van der Waals surface area contributed by atoms with Crippen molar-refractivity contribution in [3.8, 4) is 5.75 Å². The molecule has 4 heterocycles. The van der Waals surface area contributed by atoms with Gasteiger partial charge in [0.15, 0.2) is 0 Å². The lowest BCUT2D eigenvalue weighted by Crippen LogP contribution is -2.43. The van der Waals surface area contributed by atoms with Gasteiger partial charge in [0, 0.05) is 11.4 Å². The molecule has 5 rings (SSSR count). The summed E-state index contributed by atoms with van der Waals surface area (Å²) < 4.78 is 11.3. The van der Waals surface area contributed by atoms with E-state index in [1.54, 1.807) is 18.4 Å². The van der Waals surface area contributed by atoms with Gasteiger partial charge in [-0.2, -0.15) is 0 Å². The van der Waals surface area contributed by atoms with Crippen molar-refractivity contribution in [1.29, 1.82) is 0 Å². The van der Waals surface area contributed by atoms with Gasteiger partial charge in [0.25, 0.3) is 0 Å². The number of nitrogens with zero attached hydrogens (tertiary/aromatic N) is 1. The van der Waals surface area contributed by atoms with E-state index in [1.807, 2.05) is 58.8 Å². The first-order chi connectivity index (χ1) is 14.1. The Morgan fingerprint density at radius 1 is 1.34 bits per heavy atom. The quantitative estimate of drug-likeness (QED) is 0.743. The SMILES string of the molecule is COc1ccc(CNC(=O)C2[C@@H]3C=CC4(CN(Cc5cccs5)C(=O)[C@H]24)O3)cc1. The van der Waals surface area contributed by atoms with Crippen molar-refractivity contribution in [3.63, 3.8) is 0 Å². The van der Waals surface area contributed by atoms with E-state index in [0.29, 0.717) is 19.6 Å². The minimum Gasteiger partial charge on any atom is -0.497 e. The zero-order chi connectivity index (χ0) is 20.0. The lowest BCUT2D eigenvalue weighted by molar-refractivity contribution is -0.137. The Kier molecular flexibility index (Phi) is 4.44. The van der Waals surface area contributed by atoms with Crippen molar-refractivity contribution in [1.82, 2.24) is 10.2 Å². The summed E-state index contributed by atoms with van der Waals surface area (Å²) in [6.45, 7) is 1.48. The summed E-state index contributed by atoms with van der Waals surface area (Å²) >= 11 is 1.63. The Morgan fingerprint density at radius 2 is 2.17 bits per heavy atom. The van der Waals surface area contributed by atoms with Gasteiger partial charge in [-0.1, -0.05) is 30.4 Å². The second-order valence-electron chi connectivity index (χ2n) is 7.74. The minimum atomic E-state index is -0.666. The molecule has 1 spiro atoms. The molecule has 1 aromatic carbocycles. The average molecular weight is 410 g/mol. The molecule has 4 atom stereocenters. The highest BCUT2D eigenvalue weighted by Crippen LogP contribution is 2.52. The molecule has 2 bridgehead atoms. The van der Waals surface area contributed by atoms with E-state index in [0.717, 1.165) is 16.2 Å². The average Bonchev–Trinajstić information content (AvgIpc) is 3.50. The van der Waals surface area contributed by atoms with Crippen LogP contribution in [0.25, 0.3) is 0 Å². The largest absolute Gasteiger partial charge is 0.497 e. The molecule has 0 radical (unpaired) electrons. The van der Waals surface area contributed by atoms with Crippen LogP contribution in [0.1, 0.15) is 10.4 Å². The molecule has 29 heavy (non-hydrogen) atoms. The van der Waals surface area contributed by atoms with Crippen LogP contribution in [0.15, 0.2) is 53.9 Å². The van der Waals surface area contributed by atoms with Crippen molar-refractivity contribution in [3.05, 3.63) is 64.4 Å². The van der Waals surface area contributed by atoms with Gasteiger partial charge >= 0.3 is 0 Å². The van der Waals surface area contributed by atoms with Crippen LogP contribution in [0.3, 0.4) is 0 Å². The predicted molar refractivity (Wildman–Crippen MR) is 108 cm³/mol. The molecule has 150 valence electrons.